The van der Waals surface area contributed by atoms with Gasteiger partial charge in [0.15, 0.2) is 0 Å². The molecular formula is C28H40ClN5O2. The summed E-state index contributed by atoms with van der Waals surface area (Å²) in [5.41, 5.74) is 4.89. The largest absolute Gasteiger partial charge is 0.481 e. The number of nitrogens with zero attached hydrogens (tertiary/aromatic N) is 3. The van der Waals surface area contributed by atoms with Crippen LogP contribution >= 0.6 is 12.4 Å². The van der Waals surface area contributed by atoms with Crippen LogP contribution in [0.5, 0.6) is 0 Å². The first-order chi connectivity index (χ1) is 17.1. The number of aliphatic carboxylic acids is 1. The number of pyridine rings is 1. The molecule has 2 aromatic rings. The Bertz CT molecular complexity index is 1010. The highest BCUT2D eigenvalue weighted by atomic mass is 35.5. The van der Waals surface area contributed by atoms with Crippen LogP contribution in [0.25, 0.3) is 0 Å². The lowest BCUT2D eigenvalue weighted by Gasteiger charge is -2.30. The number of hydrogen-bond donors (Lipinski definition) is 3. The molecule has 1 aromatic carbocycles. The Kier molecular flexibility index (Phi) is 9.46. The number of aromatic nitrogens is 1. The second-order valence-electron chi connectivity index (χ2n) is 10.4. The Hall–Kier alpha value is -2.35. The van der Waals surface area contributed by atoms with Crippen molar-refractivity contribution in [2.75, 3.05) is 62.6 Å². The van der Waals surface area contributed by atoms with Crippen LogP contribution in [0.1, 0.15) is 48.4 Å². The Morgan fingerprint density at radius 2 is 2.00 bits per heavy atom. The van der Waals surface area contributed by atoms with E-state index in [0.29, 0.717) is 5.92 Å². The Morgan fingerprint density at radius 3 is 2.83 bits per heavy atom. The zero-order valence-corrected chi connectivity index (χ0v) is 21.9. The van der Waals surface area contributed by atoms with Gasteiger partial charge in [0.25, 0.3) is 0 Å². The van der Waals surface area contributed by atoms with Crippen molar-refractivity contribution in [3.05, 3.63) is 53.2 Å². The normalized spacial score (nSPS) is 20.8. The number of anilines is 2. The van der Waals surface area contributed by atoms with Gasteiger partial charge in [-0.1, -0.05) is 18.2 Å². The van der Waals surface area contributed by atoms with E-state index in [1.165, 1.54) is 29.8 Å². The van der Waals surface area contributed by atoms with Crippen LogP contribution in [-0.4, -0.2) is 73.3 Å². The number of piperazine rings is 1. The molecular weight excluding hydrogens is 474 g/mol. The van der Waals surface area contributed by atoms with Gasteiger partial charge >= 0.3 is 5.97 Å². The lowest BCUT2D eigenvalue weighted by molar-refractivity contribution is -0.137. The molecule has 2 atom stereocenters. The van der Waals surface area contributed by atoms with E-state index >= 15 is 0 Å². The standard InChI is InChI=1S/C28H39N5O2.ClH/c34-27(35)18-24(23-3-1-5-26(17-23)33-15-12-29-13-16-33)20-32-14-10-21(19-32)6-8-25-9-7-22-4-2-11-30-28(22)31-25;/h1,3,5,7,9,17,21,24,29H,2,4,6,8,10-16,18-20H2,(H,30,31)(H,34,35);1H/t21-,24?;/m1./s1. The predicted molar refractivity (Wildman–Crippen MR) is 148 cm³/mol. The van der Waals surface area contributed by atoms with Crippen molar-refractivity contribution >= 4 is 29.9 Å². The van der Waals surface area contributed by atoms with Crippen molar-refractivity contribution < 1.29 is 9.90 Å². The molecule has 0 saturated carbocycles. The third kappa shape index (κ3) is 6.90. The molecule has 2 saturated heterocycles. The molecule has 1 aromatic heterocycles. The quantitative estimate of drug-likeness (QED) is 0.470. The van der Waals surface area contributed by atoms with Crippen molar-refractivity contribution in [1.82, 2.24) is 15.2 Å². The summed E-state index contributed by atoms with van der Waals surface area (Å²) in [4.78, 5) is 21.5. The molecule has 0 amide bonds. The second kappa shape index (κ2) is 12.7. The van der Waals surface area contributed by atoms with Crippen LogP contribution in [0.3, 0.4) is 0 Å². The molecule has 2 fully saturated rings. The summed E-state index contributed by atoms with van der Waals surface area (Å²) in [6.45, 7) is 7.93. The van der Waals surface area contributed by atoms with Crippen molar-refractivity contribution in [2.45, 2.75) is 44.4 Å². The molecule has 1 unspecified atom stereocenters. The number of fused-ring (bicyclic) bond motifs is 1. The maximum absolute atomic E-state index is 11.7. The molecule has 8 heteroatoms. The highest BCUT2D eigenvalue weighted by Gasteiger charge is 2.27. The third-order valence-electron chi connectivity index (χ3n) is 7.85. The highest BCUT2D eigenvalue weighted by Crippen LogP contribution is 2.29. The molecule has 4 heterocycles. The second-order valence-corrected chi connectivity index (χ2v) is 10.4. The number of carboxylic acid groups (broad SMARTS) is 1. The first-order valence-electron chi connectivity index (χ1n) is 13.4. The van der Waals surface area contributed by atoms with Gasteiger partial charge in [-0.3, -0.25) is 4.79 Å². The molecule has 3 aliphatic rings. The van der Waals surface area contributed by atoms with Crippen LogP contribution in [0.15, 0.2) is 36.4 Å². The number of aryl methyl sites for hydroxylation is 2. The number of carbonyl (C=O) groups is 1. The number of rotatable bonds is 9. The maximum atomic E-state index is 11.7. The number of likely N-dealkylation sites (tertiary alicyclic amines) is 1. The van der Waals surface area contributed by atoms with Crippen molar-refractivity contribution in [2.24, 2.45) is 5.92 Å². The maximum Gasteiger partial charge on any atom is 0.304 e. The number of nitrogens with one attached hydrogen (secondary N) is 2. The molecule has 5 rings (SSSR count). The summed E-state index contributed by atoms with van der Waals surface area (Å²) in [5, 5.41) is 16.5. The van der Waals surface area contributed by atoms with E-state index in [1.54, 1.807) is 0 Å². The minimum Gasteiger partial charge on any atom is -0.481 e. The van der Waals surface area contributed by atoms with E-state index in [-0.39, 0.29) is 24.7 Å². The van der Waals surface area contributed by atoms with Crippen molar-refractivity contribution in [1.29, 1.82) is 0 Å². The fourth-order valence-corrected chi connectivity index (χ4v) is 5.88. The van der Waals surface area contributed by atoms with E-state index in [4.69, 9.17) is 4.98 Å². The first-order valence-corrected chi connectivity index (χ1v) is 13.4. The summed E-state index contributed by atoms with van der Waals surface area (Å²) in [5.74, 6) is 1.03. The lowest BCUT2D eigenvalue weighted by Crippen LogP contribution is -2.43. The van der Waals surface area contributed by atoms with Crippen LogP contribution in [-0.2, 0) is 17.6 Å². The Morgan fingerprint density at radius 1 is 1.14 bits per heavy atom. The SMILES string of the molecule is Cl.O=C(O)CC(CN1CC[C@@H](CCc2ccc3c(n2)NCCC3)C1)c1cccc(N2CCNCC2)c1. The van der Waals surface area contributed by atoms with Crippen molar-refractivity contribution in [3.8, 4) is 0 Å². The molecule has 0 aliphatic carbocycles. The molecule has 36 heavy (non-hydrogen) atoms. The van der Waals surface area contributed by atoms with E-state index in [1.807, 2.05) is 0 Å². The molecule has 7 nitrogen and oxygen atoms in total. The van der Waals surface area contributed by atoms with Crippen LogP contribution in [0.4, 0.5) is 11.5 Å². The number of benzene rings is 1. The molecule has 3 N–H and O–H groups in total. The topological polar surface area (TPSA) is 80.7 Å². The summed E-state index contributed by atoms with van der Waals surface area (Å²) in [6, 6.07) is 13.0. The smallest absolute Gasteiger partial charge is 0.304 e. The van der Waals surface area contributed by atoms with Gasteiger partial charge in [0.05, 0.1) is 6.42 Å². The van der Waals surface area contributed by atoms with E-state index < -0.39 is 5.97 Å². The number of carboxylic acids is 1. The first kappa shape index (κ1) is 26.7. The fourth-order valence-electron chi connectivity index (χ4n) is 5.88. The zero-order valence-electron chi connectivity index (χ0n) is 21.1. The monoisotopic (exact) mass is 513 g/mol. The average molecular weight is 514 g/mol. The Balaban J connectivity index is 0.00000304. The summed E-state index contributed by atoms with van der Waals surface area (Å²) >= 11 is 0. The van der Waals surface area contributed by atoms with Gasteiger partial charge < -0.3 is 25.5 Å². The molecule has 3 aliphatic heterocycles. The fraction of sp³-hybridized carbons (Fsp3) is 0.571. The third-order valence-corrected chi connectivity index (χ3v) is 7.85. The van der Waals surface area contributed by atoms with Gasteiger partial charge in [-0.05, 0) is 73.9 Å². The van der Waals surface area contributed by atoms with Gasteiger partial charge in [0.1, 0.15) is 5.82 Å². The van der Waals surface area contributed by atoms with Gasteiger partial charge in [-0.15, -0.1) is 12.4 Å². The lowest BCUT2D eigenvalue weighted by atomic mass is 9.94. The predicted octanol–water partition coefficient (Wildman–Crippen LogP) is 3.78. The van der Waals surface area contributed by atoms with Gasteiger partial charge in [-0.2, -0.15) is 0 Å². The van der Waals surface area contributed by atoms with Gasteiger partial charge in [-0.25, -0.2) is 4.98 Å². The summed E-state index contributed by atoms with van der Waals surface area (Å²) < 4.78 is 0. The van der Waals surface area contributed by atoms with E-state index in [9.17, 15) is 9.90 Å². The van der Waals surface area contributed by atoms with E-state index in [0.717, 1.165) is 83.0 Å². The average Bonchev–Trinajstić information content (AvgIpc) is 3.34. The van der Waals surface area contributed by atoms with Crippen LogP contribution < -0.4 is 15.5 Å². The summed E-state index contributed by atoms with van der Waals surface area (Å²) in [7, 11) is 0. The molecule has 0 spiro atoms. The highest BCUT2D eigenvalue weighted by molar-refractivity contribution is 5.85. The molecule has 196 valence electrons. The molecule has 0 bridgehead atoms. The van der Waals surface area contributed by atoms with E-state index in [2.05, 4.69) is 56.8 Å². The number of hydrogen-bond acceptors (Lipinski definition) is 6. The van der Waals surface area contributed by atoms with Crippen LogP contribution in [0.2, 0.25) is 0 Å². The van der Waals surface area contributed by atoms with Gasteiger partial charge in [0, 0.05) is 63.1 Å². The Labute approximate surface area is 221 Å². The summed E-state index contributed by atoms with van der Waals surface area (Å²) in [6.07, 6.45) is 5.84. The molecule has 0 radical (unpaired) electrons. The minimum atomic E-state index is -0.717. The zero-order chi connectivity index (χ0) is 24.0. The minimum absolute atomic E-state index is 0. The number of halogens is 1. The van der Waals surface area contributed by atoms with Crippen molar-refractivity contribution in [3.63, 3.8) is 0 Å². The van der Waals surface area contributed by atoms with Crippen LogP contribution in [0, 0.1) is 5.92 Å². The van der Waals surface area contributed by atoms with Gasteiger partial charge in [0.2, 0.25) is 0 Å².